The van der Waals surface area contributed by atoms with Gasteiger partial charge in [-0.15, -0.1) is 11.3 Å². The fraction of sp³-hybridized carbons (Fsp3) is 0.0667. The van der Waals surface area contributed by atoms with Gasteiger partial charge < -0.3 is 23.7 Å². The van der Waals surface area contributed by atoms with Crippen molar-refractivity contribution >= 4 is 139 Å². The number of anilines is 9. The number of furan rings is 1. The van der Waals surface area contributed by atoms with Crippen LogP contribution >= 0.6 is 11.3 Å². The lowest BCUT2D eigenvalue weighted by molar-refractivity contribution is 0.590. The van der Waals surface area contributed by atoms with Gasteiger partial charge in [-0.1, -0.05) is 130 Å². The highest BCUT2D eigenvalue weighted by Gasteiger charge is 2.49. The highest BCUT2D eigenvalue weighted by Crippen LogP contribution is 2.55. The molecule has 12 aromatic rings. The van der Waals surface area contributed by atoms with Gasteiger partial charge in [0.15, 0.2) is 0 Å². The molecule has 316 valence electrons. The van der Waals surface area contributed by atoms with Crippen molar-refractivity contribution in [1.82, 2.24) is 4.57 Å². The molecule has 7 heteroatoms. The van der Waals surface area contributed by atoms with Crippen molar-refractivity contribution in [2.45, 2.75) is 26.2 Å². The Morgan fingerprint density at radius 2 is 1.16 bits per heavy atom. The zero-order valence-electron chi connectivity index (χ0n) is 37.2. The molecule has 15 rings (SSSR count). The molecule has 3 aromatic heterocycles. The summed E-state index contributed by atoms with van der Waals surface area (Å²) in [6.07, 6.45) is 0. The molecule has 3 aliphatic heterocycles. The summed E-state index contributed by atoms with van der Waals surface area (Å²) in [5, 5.41) is 6.19. The molecule has 0 fully saturated rings. The molecular formula is C60H41BN4OS. The van der Waals surface area contributed by atoms with Crippen molar-refractivity contribution in [1.29, 1.82) is 0 Å². The molecule has 0 unspecified atom stereocenters. The summed E-state index contributed by atoms with van der Waals surface area (Å²) >= 11 is 1.86. The second-order valence-corrected chi connectivity index (χ2v) is 20.4. The Hall–Kier alpha value is -8.00. The van der Waals surface area contributed by atoms with Gasteiger partial charge in [0.05, 0.1) is 45.1 Å². The summed E-state index contributed by atoms with van der Waals surface area (Å²) in [5.41, 5.74) is 19.2. The van der Waals surface area contributed by atoms with Crippen LogP contribution in [0.5, 0.6) is 0 Å². The average molecular weight is 877 g/mol. The molecule has 0 bridgehead atoms. The minimum atomic E-state index is -0.195. The summed E-state index contributed by atoms with van der Waals surface area (Å²) in [6.45, 7) is 6.71. The normalized spacial score (nSPS) is 13.5. The molecule has 0 spiro atoms. The number of hydrogen-bond donors (Lipinski definition) is 0. The van der Waals surface area contributed by atoms with Crippen LogP contribution in [0.1, 0.15) is 26.3 Å². The topological polar surface area (TPSA) is 27.8 Å². The van der Waals surface area contributed by atoms with Gasteiger partial charge >= 0.3 is 0 Å². The summed E-state index contributed by atoms with van der Waals surface area (Å²) in [5.74, 6) is 0. The molecule has 67 heavy (non-hydrogen) atoms. The number of aromatic nitrogens is 1. The monoisotopic (exact) mass is 876 g/mol. The fourth-order valence-corrected chi connectivity index (χ4v) is 12.8. The van der Waals surface area contributed by atoms with Crippen LogP contribution in [0.4, 0.5) is 51.2 Å². The number of benzene rings is 9. The summed E-state index contributed by atoms with van der Waals surface area (Å²) in [6, 6.07) is 71.9. The Labute approximate surface area is 392 Å². The van der Waals surface area contributed by atoms with Crippen LogP contribution in [0.2, 0.25) is 0 Å². The number of nitrogens with zero attached hydrogens (tertiary/aromatic N) is 4. The predicted octanol–water partition coefficient (Wildman–Crippen LogP) is 15.1. The van der Waals surface area contributed by atoms with Crippen LogP contribution in [0, 0.1) is 0 Å². The number of fused-ring (bicyclic) bond motifs is 14. The summed E-state index contributed by atoms with van der Waals surface area (Å²) in [7, 11) is 0. The van der Waals surface area contributed by atoms with Crippen LogP contribution in [0.3, 0.4) is 0 Å². The van der Waals surface area contributed by atoms with E-state index in [0.29, 0.717) is 0 Å². The number of thiophene rings is 1. The van der Waals surface area contributed by atoms with Gasteiger partial charge in [0.25, 0.3) is 6.71 Å². The van der Waals surface area contributed by atoms with Crippen LogP contribution in [-0.2, 0) is 5.41 Å². The summed E-state index contributed by atoms with van der Waals surface area (Å²) in [4.78, 5) is 7.54. The Morgan fingerprint density at radius 1 is 0.493 bits per heavy atom. The Morgan fingerprint density at radius 3 is 1.96 bits per heavy atom. The average Bonchev–Trinajstić information content (AvgIpc) is 4.04. The Bertz CT molecular complexity index is 4030. The van der Waals surface area contributed by atoms with Gasteiger partial charge in [-0.25, -0.2) is 0 Å². The second-order valence-electron chi connectivity index (χ2n) is 19.3. The van der Waals surface area contributed by atoms with Gasteiger partial charge in [0.2, 0.25) is 0 Å². The minimum Gasteiger partial charge on any atom is -0.468 e. The molecule has 0 radical (unpaired) electrons. The van der Waals surface area contributed by atoms with E-state index in [1.807, 2.05) is 11.3 Å². The van der Waals surface area contributed by atoms with E-state index in [1.54, 1.807) is 0 Å². The number of rotatable bonds is 4. The van der Waals surface area contributed by atoms with E-state index in [4.69, 9.17) is 4.42 Å². The second kappa shape index (κ2) is 13.3. The quantitative estimate of drug-likeness (QED) is 0.165. The van der Waals surface area contributed by atoms with E-state index in [-0.39, 0.29) is 12.1 Å². The third kappa shape index (κ3) is 5.04. The standard InChI is InChI=1S/C60H41BN4OS/c1-60(2,3)36-28-31-52-45(32-36)57-59(66-52)61-46-23-15-26-49-58(46)65(48-25-14-22-44-41-20-10-12-24-47(41)64(49)56(44)48)51-34-40(62(37-16-6-4-7-17-37)38-18-8-5-9-19-38)33-50(55(51)61)63(57)39-29-30-43-42-21-11-13-27-53(42)67-54(43)35-39/h4-35H,1-3H3. The van der Waals surface area contributed by atoms with E-state index in [9.17, 15) is 0 Å². The van der Waals surface area contributed by atoms with Crippen molar-refractivity contribution in [3.8, 4) is 5.69 Å². The van der Waals surface area contributed by atoms with E-state index in [2.05, 4.69) is 234 Å². The van der Waals surface area contributed by atoms with Crippen molar-refractivity contribution < 1.29 is 4.42 Å². The van der Waals surface area contributed by atoms with E-state index in [1.165, 1.54) is 75.5 Å². The van der Waals surface area contributed by atoms with Crippen LogP contribution in [0.25, 0.3) is 58.6 Å². The van der Waals surface area contributed by atoms with Gasteiger partial charge in [-0.3, -0.25) is 0 Å². The first kappa shape index (κ1) is 37.2. The first-order valence-electron chi connectivity index (χ1n) is 23.2. The fourth-order valence-electron chi connectivity index (χ4n) is 11.7. The third-order valence-electron chi connectivity index (χ3n) is 14.6. The maximum atomic E-state index is 7.40. The smallest absolute Gasteiger partial charge is 0.297 e. The molecule has 6 heterocycles. The van der Waals surface area contributed by atoms with Crippen molar-refractivity contribution in [2.75, 3.05) is 14.7 Å². The lowest BCUT2D eigenvalue weighted by Gasteiger charge is -2.45. The number of hydrogen-bond acceptors (Lipinski definition) is 5. The maximum absolute atomic E-state index is 7.40. The zero-order valence-corrected chi connectivity index (χ0v) is 38.0. The molecule has 3 aliphatic rings. The van der Waals surface area contributed by atoms with Gasteiger partial charge in [-0.05, 0) is 107 Å². The Balaban J connectivity index is 1.11. The molecule has 0 saturated heterocycles. The van der Waals surface area contributed by atoms with E-state index in [0.717, 1.165) is 56.4 Å². The summed E-state index contributed by atoms with van der Waals surface area (Å²) < 4.78 is 12.5. The molecule has 0 atom stereocenters. The number of para-hydroxylation sites is 5. The van der Waals surface area contributed by atoms with E-state index >= 15 is 0 Å². The van der Waals surface area contributed by atoms with Crippen molar-refractivity contribution in [2.24, 2.45) is 0 Å². The predicted molar refractivity (Wildman–Crippen MR) is 284 cm³/mol. The lowest BCUT2D eigenvalue weighted by atomic mass is 9.35. The maximum Gasteiger partial charge on any atom is 0.297 e. The molecule has 0 N–H and O–H groups in total. The van der Waals surface area contributed by atoms with Crippen molar-refractivity contribution in [3.05, 3.63) is 200 Å². The first-order chi connectivity index (χ1) is 32.9. The van der Waals surface area contributed by atoms with Crippen LogP contribution in [0.15, 0.2) is 199 Å². The van der Waals surface area contributed by atoms with Crippen LogP contribution in [-0.4, -0.2) is 11.3 Å². The molecule has 9 aromatic carbocycles. The Kier molecular flexibility index (Phi) is 7.40. The molecular weight excluding hydrogens is 836 g/mol. The highest BCUT2D eigenvalue weighted by molar-refractivity contribution is 7.25. The molecule has 0 amide bonds. The SMILES string of the molecule is CC(C)(C)c1ccc2oc3c(c2c1)N(c1ccc2c(c1)sc1ccccc12)c1cc(N(c2ccccc2)c2ccccc2)cc2c1B3c1cccc3c1N2c1cccc2c4ccccc4n-3c12. The first-order valence-corrected chi connectivity index (χ1v) is 24.0. The lowest BCUT2D eigenvalue weighted by Crippen LogP contribution is -2.61. The molecule has 0 aliphatic carbocycles. The van der Waals surface area contributed by atoms with Crippen LogP contribution < -0.4 is 31.3 Å². The molecule has 0 saturated carbocycles. The molecule has 5 nitrogen and oxygen atoms in total. The van der Waals surface area contributed by atoms with Gasteiger partial charge in [-0.2, -0.15) is 0 Å². The van der Waals surface area contributed by atoms with Gasteiger partial charge in [0.1, 0.15) is 5.58 Å². The minimum absolute atomic E-state index is 0.0694. The largest absolute Gasteiger partial charge is 0.468 e. The highest BCUT2D eigenvalue weighted by atomic mass is 32.1. The van der Waals surface area contributed by atoms with E-state index < -0.39 is 0 Å². The third-order valence-corrected chi connectivity index (χ3v) is 15.7. The van der Waals surface area contributed by atoms with Gasteiger partial charge in [0, 0.05) is 64.8 Å². The van der Waals surface area contributed by atoms with Crippen molar-refractivity contribution in [3.63, 3.8) is 0 Å². The zero-order chi connectivity index (χ0) is 44.3.